The van der Waals surface area contributed by atoms with Gasteiger partial charge in [0, 0.05) is 39.4 Å². The van der Waals surface area contributed by atoms with Crippen LogP contribution in [0.5, 0.6) is 0 Å². The molecule has 1 atom stereocenters. The Morgan fingerprint density at radius 1 is 1.21 bits per heavy atom. The summed E-state index contributed by atoms with van der Waals surface area (Å²) in [5.41, 5.74) is 1.32. The summed E-state index contributed by atoms with van der Waals surface area (Å²) in [5.74, 6) is 1.72. The second-order valence-corrected chi connectivity index (χ2v) is 7.59. The smallest absolute Gasteiger partial charge is 0.191 e. The average molecular weight is 516 g/mol. The van der Waals surface area contributed by atoms with Gasteiger partial charge in [-0.25, -0.2) is 0 Å². The van der Waals surface area contributed by atoms with Crippen LogP contribution < -0.4 is 10.6 Å². The lowest BCUT2D eigenvalue weighted by Crippen LogP contribution is -2.42. The Kier molecular flexibility index (Phi) is 11.9. The number of nitrogens with one attached hydrogen (secondary N) is 2. The number of morpholine rings is 1. The minimum atomic E-state index is 0. The maximum Gasteiger partial charge on any atom is 0.191 e. The average Bonchev–Trinajstić information content (AvgIpc) is 3.56. The van der Waals surface area contributed by atoms with Crippen molar-refractivity contribution in [2.75, 3.05) is 59.2 Å². The number of rotatable bonds is 11. The lowest BCUT2D eigenvalue weighted by atomic mass is 10.1. The zero-order chi connectivity index (χ0) is 19.4. The van der Waals surface area contributed by atoms with Crippen LogP contribution in [0, 0.1) is 5.92 Å². The Labute approximate surface area is 192 Å². The van der Waals surface area contributed by atoms with Crippen molar-refractivity contribution in [2.45, 2.75) is 32.2 Å². The van der Waals surface area contributed by atoms with E-state index in [1.54, 1.807) is 0 Å². The molecule has 1 heterocycles. The van der Waals surface area contributed by atoms with Gasteiger partial charge in [-0.2, -0.15) is 0 Å². The number of halogens is 1. The topological polar surface area (TPSA) is 58.1 Å². The number of nitrogens with zero attached hydrogens (tertiary/aromatic N) is 2. The normalized spacial score (nSPS) is 18.7. The van der Waals surface area contributed by atoms with Crippen molar-refractivity contribution in [1.82, 2.24) is 15.5 Å². The molecule has 1 aromatic carbocycles. The first kappa shape index (κ1) is 24.4. The predicted octanol–water partition coefficient (Wildman–Crippen LogP) is 3.05. The second kappa shape index (κ2) is 14.2. The molecule has 1 saturated carbocycles. The monoisotopic (exact) mass is 516 g/mol. The fourth-order valence-corrected chi connectivity index (χ4v) is 3.43. The Morgan fingerprint density at radius 3 is 2.66 bits per heavy atom. The Hall–Kier alpha value is -0.900. The van der Waals surface area contributed by atoms with Gasteiger partial charge < -0.3 is 20.1 Å². The molecule has 164 valence electrons. The number of hydrogen-bond acceptors (Lipinski definition) is 4. The molecule has 2 aliphatic rings. The van der Waals surface area contributed by atoms with Gasteiger partial charge in [-0.3, -0.25) is 9.89 Å². The van der Waals surface area contributed by atoms with Crippen molar-refractivity contribution in [3.05, 3.63) is 35.9 Å². The molecule has 1 aliphatic carbocycles. The van der Waals surface area contributed by atoms with Gasteiger partial charge in [0.2, 0.25) is 0 Å². The van der Waals surface area contributed by atoms with Crippen molar-refractivity contribution in [3.8, 4) is 0 Å². The predicted molar refractivity (Wildman–Crippen MR) is 129 cm³/mol. The van der Waals surface area contributed by atoms with E-state index in [-0.39, 0.29) is 30.0 Å². The van der Waals surface area contributed by atoms with Crippen molar-refractivity contribution in [2.24, 2.45) is 10.9 Å². The van der Waals surface area contributed by atoms with Crippen molar-refractivity contribution >= 4 is 29.9 Å². The summed E-state index contributed by atoms with van der Waals surface area (Å²) in [6, 6.07) is 11.0. The maximum absolute atomic E-state index is 5.72. The number of hydrogen-bond donors (Lipinski definition) is 2. The van der Waals surface area contributed by atoms with Crippen LogP contribution in [0.3, 0.4) is 0 Å². The highest BCUT2D eigenvalue weighted by Crippen LogP contribution is 2.28. The molecule has 6 nitrogen and oxygen atoms in total. The van der Waals surface area contributed by atoms with Crippen LogP contribution in [-0.2, 0) is 9.47 Å². The number of ether oxygens (including phenoxy) is 2. The highest BCUT2D eigenvalue weighted by Gasteiger charge is 2.22. The summed E-state index contributed by atoms with van der Waals surface area (Å²) in [6.45, 7) is 9.84. The molecule has 0 amide bonds. The van der Waals surface area contributed by atoms with Crippen molar-refractivity contribution < 1.29 is 9.47 Å². The molecule has 3 rings (SSSR count). The van der Waals surface area contributed by atoms with Crippen LogP contribution in [0.15, 0.2) is 35.3 Å². The molecular formula is C22H37IN4O2. The van der Waals surface area contributed by atoms with Gasteiger partial charge in [0.1, 0.15) is 0 Å². The Bertz CT molecular complexity index is 577. The molecule has 0 radical (unpaired) electrons. The van der Waals surface area contributed by atoms with E-state index in [0.29, 0.717) is 0 Å². The molecule has 0 spiro atoms. The summed E-state index contributed by atoms with van der Waals surface area (Å²) in [5, 5.41) is 6.82. The van der Waals surface area contributed by atoms with Gasteiger partial charge in [-0.05, 0) is 37.7 Å². The van der Waals surface area contributed by atoms with E-state index in [2.05, 4.69) is 52.8 Å². The van der Waals surface area contributed by atoms with Crippen molar-refractivity contribution in [1.29, 1.82) is 0 Å². The van der Waals surface area contributed by atoms with Crippen LogP contribution in [-0.4, -0.2) is 70.0 Å². The first-order valence-corrected chi connectivity index (χ1v) is 10.8. The number of guanidine groups is 1. The second-order valence-electron chi connectivity index (χ2n) is 7.59. The largest absolute Gasteiger partial charge is 0.381 e. The van der Waals surface area contributed by atoms with E-state index in [1.165, 1.54) is 18.4 Å². The van der Waals surface area contributed by atoms with Crippen LogP contribution in [0.2, 0.25) is 0 Å². The van der Waals surface area contributed by atoms with Crippen molar-refractivity contribution in [3.63, 3.8) is 0 Å². The first-order chi connectivity index (χ1) is 13.9. The molecule has 0 aromatic heterocycles. The summed E-state index contributed by atoms with van der Waals surface area (Å²) in [6.07, 6.45) is 3.70. The van der Waals surface area contributed by atoms with E-state index >= 15 is 0 Å². The van der Waals surface area contributed by atoms with Gasteiger partial charge >= 0.3 is 0 Å². The van der Waals surface area contributed by atoms with Crippen LogP contribution in [0.4, 0.5) is 0 Å². The molecule has 0 bridgehead atoms. The molecule has 29 heavy (non-hydrogen) atoms. The SMILES string of the molecule is CCNC(=NCC(c1ccccc1)N1CCOCC1)NCCCOCC1CC1.I. The van der Waals surface area contributed by atoms with Gasteiger partial charge in [0.25, 0.3) is 0 Å². The Morgan fingerprint density at radius 2 is 1.97 bits per heavy atom. The van der Waals surface area contributed by atoms with Gasteiger partial charge in [0.15, 0.2) is 5.96 Å². The molecular weight excluding hydrogens is 479 g/mol. The summed E-state index contributed by atoms with van der Waals surface area (Å²) >= 11 is 0. The molecule has 2 N–H and O–H groups in total. The summed E-state index contributed by atoms with van der Waals surface area (Å²) in [4.78, 5) is 7.38. The molecule has 1 unspecified atom stereocenters. The third kappa shape index (κ3) is 9.19. The zero-order valence-corrected chi connectivity index (χ0v) is 20.0. The highest BCUT2D eigenvalue weighted by atomic mass is 127. The molecule has 1 aromatic rings. The lowest BCUT2D eigenvalue weighted by molar-refractivity contribution is 0.0179. The number of aliphatic imine (C=N–C) groups is 1. The maximum atomic E-state index is 5.72. The molecule has 1 aliphatic heterocycles. The Balaban J connectivity index is 0.00000300. The molecule has 7 heteroatoms. The first-order valence-electron chi connectivity index (χ1n) is 10.8. The minimum absolute atomic E-state index is 0. The third-order valence-electron chi connectivity index (χ3n) is 5.25. The fraction of sp³-hybridized carbons (Fsp3) is 0.682. The zero-order valence-electron chi connectivity index (χ0n) is 17.6. The van der Waals surface area contributed by atoms with E-state index in [9.17, 15) is 0 Å². The number of benzene rings is 1. The minimum Gasteiger partial charge on any atom is -0.381 e. The van der Waals surface area contributed by atoms with E-state index in [1.807, 2.05) is 0 Å². The van der Waals surface area contributed by atoms with Crippen LogP contribution >= 0.6 is 24.0 Å². The summed E-state index contributed by atoms with van der Waals surface area (Å²) < 4.78 is 11.3. The van der Waals surface area contributed by atoms with E-state index in [0.717, 1.165) is 77.4 Å². The van der Waals surface area contributed by atoms with Gasteiger partial charge in [0.05, 0.1) is 25.8 Å². The van der Waals surface area contributed by atoms with Gasteiger partial charge in [-0.15, -0.1) is 24.0 Å². The molecule has 2 fully saturated rings. The lowest BCUT2D eigenvalue weighted by Gasteiger charge is -2.34. The third-order valence-corrected chi connectivity index (χ3v) is 5.25. The van der Waals surface area contributed by atoms with Crippen LogP contribution in [0.25, 0.3) is 0 Å². The van der Waals surface area contributed by atoms with Crippen LogP contribution in [0.1, 0.15) is 37.8 Å². The fourth-order valence-electron chi connectivity index (χ4n) is 3.43. The van der Waals surface area contributed by atoms with E-state index < -0.39 is 0 Å². The standard InChI is InChI=1S/C22H36N4O2.HI/c1-2-23-22(24-11-6-14-28-18-19-9-10-19)25-17-21(20-7-4-3-5-8-20)26-12-15-27-16-13-26;/h3-5,7-8,19,21H,2,6,9-18H2,1H3,(H2,23,24,25);1H. The van der Waals surface area contributed by atoms with Gasteiger partial charge in [-0.1, -0.05) is 30.3 Å². The molecule has 1 saturated heterocycles. The van der Waals surface area contributed by atoms with E-state index in [4.69, 9.17) is 14.5 Å². The summed E-state index contributed by atoms with van der Waals surface area (Å²) in [7, 11) is 0. The highest BCUT2D eigenvalue weighted by molar-refractivity contribution is 14.0. The quantitative estimate of drug-likeness (QED) is 0.205.